The van der Waals surface area contributed by atoms with Crippen molar-refractivity contribution in [3.63, 3.8) is 0 Å². The van der Waals surface area contributed by atoms with Crippen LogP contribution in [-0.4, -0.2) is 5.08 Å². The van der Waals surface area contributed by atoms with E-state index >= 15 is 0 Å². The minimum Gasteiger partial charge on any atom is -0.197 e. The molecule has 13 heavy (non-hydrogen) atoms. The predicted molar refractivity (Wildman–Crippen MR) is 58.2 cm³/mol. The SMILES string of the molecule is c1cc[n+]2c(c1)C1=C(CC2)SCS1. The second-order valence-corrected chi connectivity index (χ2v) is 5.61. The molecule has 0 aromatic carbocycles. The fourth-order valence-corrected chi connectivity index (χ4v) is 4.50. The Kier molecular flexibility index (Phi) is 1.87. The Balaban J connectivity index is 2.18. The minimum atomic E-state index is 1.16. The summed E-state index contributed by atoms with van der Waals surface area (Å²) in [5.74, 6) is 0. The highest BCUT2D eigenvalue weighted by Gasteiger charge is 2.28. The Bertz CT molecular complexity index is 384. The van der Waals surface area contributed by atoms with E-state index in [1.165, 1.54) is 22.1 Å². The number of aromatic nitrogens is 1. The molecule has 66 valence electrons. The van der Waals surface area contributed by atoms with Crippen molar-refractivity contribution in [3.05, 3.63) is 35.0 Å². The fraction of sp³-hybridized carbons (Fsp3) is 0.300. The number of fused-ring (bicyclic) bond motifs is 2. The molecule has 2 aliphatic rings. The number of nitrogens with zero attached hydrogens (tertiary/aromatic N) is 1. The molecule has 1 nitrogen and oxygen atoms in total. The number of rotatable bonds is 0. The second kappa shape index (κ2) is 3.07. The van der Waals surface area contributed by atoms with Crippen LogP contribution in [0, 0.1) is 0 Å². The predicted octanol–water partition coefficient (Wildman–Crippen LogP) is 2.48. The van der Waals surface area contributed by atoms with Gasteiger partial charge in [0.05, 0.1) is 4.91 Å². The van der Waals surface area contributed by atoms with Gasteiger partial charge in [-0.15, -0.1) is 23.5 Å². The van der Waals surface area contributed by atoms with Gasteiger partial charge in [0.15, 0.2) is 12.7 Å². The number of aryl methyl sites for hydroxylation is 1. The number of allylic oxidation sites excluding steroid dienone is 1. The molecule has 3 rings (SSSR count). The highest BCUT2D eigenvalue weighted by Crippen LogP contribution is 2.46. The lowest BCUT2D eigenvalue weighted by Crippen LogP contribution is -2.39. The minimum absolute atomic E-state index is 1.16. The van der Waals surface area contributed by atoms with Crippen molar-refractivity contribution in [3.8, 4) is 0 Å². The average Bonchev–Trinajstić information content (AvgIpc) is 2.65. The number of pyridine rings is 1. The molecular formula is C10H10NS2+. The van der Waals surface area contributed by atoms with Crippen LogP contribution in [0.1, 0.15) is 12.1 Å². The van der Waals surface area contributed by atoms with Crippen molar-refractivity contribution in [1.82, 2.24) is 0 Å². The molecule has 0 atom stereocenters. The maximum atomic E-state index is 2.36. The van der Waals surface area contributed by atoms with Crippen molar-refractivity contribution in [2.24, 2.45) is 0 Å². The summed E-state index contributed by atoms with van der Waals surface area (Å²) in [4.78, 5) is 3.13. The number of hydrogen-bond donors (Lipinski definition) is 0. The zero-order chi connectivity index (χ0) is 8.67. The van der Waals surface area contributed by atoms with Crippen LogP contribution in [0.3, 0.4) is 0 Å². The first-order valence-corrected chi connectivity index (χ1v) is 6.40. The van der Waals surface area contributed by atoms with E-state index in [-0.39, 0.29) is 0 Å². The number of hydrogen-bond acceptors (Lipinski definition) is 2. The van der Waals surface area contributed by atoms with Crippen molar-refractivity contribution < 1.29 is 4.57 Å². The lowest BCUT2D eigenvalue weighted by atomic mass is 10.2. The van der Waals surface area contributed by atoms with Gasteiger partial charge in [-0.25, -0.2) is 0 Å². The molecule has 0 radical (unpaired) electrons. The van der Waals surface area contributed by atoms with E-state index in [4.69, 9.17) is 0 Å². The third kappa shape index (κ3) is 1.22. The average molecular weight is 208 g/mol. The van der Waals surface area contributed by atoms with E-state index in [0.29, 0.717) is 0 Å². The van der Waals surface area contributed by atoms with Gasteiger partial charge in [-0.1, -0.05) is 0 Å². The van der Waals surface area contributed by atoms with E-state index in [0.717, 1.165) is 6.54 Å². The molecule has 0 aliphatic carbocycles. The maximum Gasteiger partial charge on any atom is 0.219 e. The highest BCUT2D eigenvalue weighted by atomic mass is 32.2. The van der Waals surface area contributed by atoms with Crippen molar-refractivity contribution in [1.29, 1.82) is 0 Å². The van der Waals surface area contributed by atoms with Gasteiger partial charge in [0.2, 0.25) is 5.69 Å². The zero-order valence-corrected chi connectivity index (χ0v) is 8.83. The molecule has 1 aromatic heterocycles. The monoisotopic (exact) mass is 208 g/mol. The summed E-state index contributed by atoms with van der Waals surface area (Å²) < 4.78 is 2.36. The van der Waals surface area contributed by atoms with Gasteiger partial charge < -0.3 is 0 Å². The van der Waals surface area contributed by atoms with Gasteiger partial charge in [-0.3, -0.25) is 0 Å². The van der Waals surface area contributed by atoms with Crippen LogP contribution < -0.4 is 4.57 Å². The molecule has 1 aromatic rings. The van der Waals surface area contributed by atoms with Crippen LogP contribution in [0.15, 0.2) is 29.3 Å². The molecule has 3 heterocycles. The van der Waals surface area contributed by atoms with Crippen molar-refractivity contribution >= 4 is 28.4 Å². The van der Waals surface area contributed by atoms with Crippen LogP contribution >= 0.6 is 23.5 Å². The first kappa shape index (κ1) is 7.94. The van der Waals surface area contributed by atoms with Crippen LogP contribution in [0.4, 0.5) is 0 Å². The molecular weight excluding hydrogens is 198 g/mol. The van der Waals surface area contributed by atoms with Crippen molar-refractivity contribution in [2.45, 2.75) is 13.0 Å². The van der Waals surface area contributed by atoms with Gasteiger partial charge in [-0.2, -0.15) is 4.57 Å². The zero-order valence-electron chi connectivity index (χ0n) is 7.19. The Morgan fingerprint density at radius 2 is 2.23 bits per heavy atom. The largest absolute Gasteiger partial charge is 0.219 e. The molecule has 0 unspecified atom stereocenters. The van der Waals surface area contributed by atoms with Crippen LogP contribution in [0.2, 0.25) is 0 Å². The molecule has 2 aliphatic heterocycles. The summed E-state index contributed by atoms with van der Waals surface area (Å²) in [5, 5.41) is 1.21. The van der Waals surface area contributed by atoms with E-state index in [1.54, 1.807) is 4.91 Å². The Morgan fingerprint density at radius 3 is 3.23 bits per heavy atom. The molecule has 3 heteroatoms. The van der Waals surface area contributed by atoms with E-state index < -0.39 is 0 Å². The molecule has 0 fully saturated rings. The second-order valence-electron chi connectivity index (χ2n) is 3.19. The maximum absolute atomic E-state index is 2.36. The standard InChI is InChI=1S/C10H10NS2/c1-2-5-11-6-4-9-10(8(11)3-1)13-7-12-9/h1-3,5H,4,6-7H2/q+1. The molecule has 0 amide bonds. The first-order chi connectivity index (χ1) is 6.45. The van der Waals surface area contributed by atoms with Crippen molar-refractivity contribution in [2.75, 3.05) is 5.08 Å². The summed E-state index contributed by atoms with van der Waals surface area (Å²) >= 11 is 4.01. The van der Waals surface area contributed by atoms with Gasteiger partial charge in [-0.05, 0) is 6.07 Å². The molecule has 0 spiro atoms. The normalized spacial score (nSPS) is 20.0. The summed E-state index contributed by atoms with van der Waals surface area (Å²) in [6.07, 6.45) is 3.41. The summed E-state index contributed by atoms with van der Waals surface area (Å²) in [6, 6.07) is 6.47. The van der Waals surface area contributed by atoms with E-state index in [2.05, 4.69) is 29.0 Å². The van der Waals surface area contributed by atoms with E-state index in [9.17, 15) is 0 Å². The lowest BCUT2D eigenvalue weighted by Gasteiger charge is -2.10. The highest BCUT2D eigenvalue weighted by molar-refractivity contribution is 8.25. The molecule has 0 saturated carbocycles. The number of thioether (sulfide) groups is 2. The fourth-order valence-electron chi connectivity index (χ4n) is 1.81. The summed E-state index contributed by atoms with van der Waals surface area (Å²) in [5.41, 5.74) is 1.42. The Labute approximate surface area is 86.2 Å². The van der Waals surface area contributed by atoms with Gasteiger partial charge >= 0.3 is 0 Å². The van der Waals surface area contributed by atoms with Crippen LogP contribution in [-0.2, 0) is 6.54 Å². The molecule has 0 N–H and O–H groups in total. The molecule has 0 saturated heterocycles. The Morgan fingerprint density at radius 1 is 1.23 bits per heavy atom. The topological polar surface area (TPSA) is 3.88 Å². The smallest absolute Gasteiger partial charge is 0.197 e. The first-order valence-electron chi connectivity index (χ1n) is 4.43. The van der Waals surface area contributed by atoms with Gasteiger partial charge in [0, 0.05) is 28.5 Å². The summed E-state index contributed by atoms with van der Waals surface area (Å²) in [6.45, 7) is 1.16. The molecule has 0 bridgehead atoms. The van der Waals surface area contributed by atoms with Gasteiger partial charge in [0.25, 0.3) is 0 Å². The van der Waals surface area contributed by atoms with Crippen LogP contribution in [0.25, 0.3) is 4.91 Å². The Hall–Kier alpha value is -0.410. The third-order valence-electron chi connectivity index (χ3n) is 2.44. The third-order valence-corrected chi connectivity index (χ3v) is 5.02. The summed E-state index contributed by atoms with van der Waals surface area (Å²) in [7, 11) is 0. The quantitative estimate of drug-likeness (QED) is 0.603. The van der Waals surface area contributed by atoms with E-state index in [1.807, 2.05) is 23.5 Å². The van der Waals surface area contributed by atoms with Gasteiger partial charge in [0.1, 0.15) is 0 Å². The van der Waals surface area contributed by atoms with Crippen LogP contribution in [0.5, 0.6) is 0 Å². The lowest BCUT2D eigenvalue weighted by molar-refractivity contribution is -0.699.